The quantitative estimate of drug-likeness (QED) is 0.739. The van der Waals surface area contributed by atoms with Gasteiger partial charge in [0.05, 0.1) is 18.6 Å². The minimum absolute atomic E-state index is 0.240. The number of carboxylic acids is 1. The Morgan fingerprint density at radius 1 is 1.15 bits per heavy atom. The number of hydrogen-bond donors (Lipinski definition) is 2. The van der Waals surface area contributed by atoms with Crippen LogP contribution in [-0.2, 0) is 17.6 Å². The minimum Gasteiger partial charge on any atom is -0.496 e. The lowest BCUT2D eigenvalue weighted by Crippen LogP contribution is -2.26. The van der Waals surface area contributed by atoms with Gasteiger partial charge >= 0.3 is 5.97 Å². The van der Waals surface area contributed by atoms with Crippen LogP contribution in [0.4, 0.5) is 0 Å². The normalized spacial score (nSPS) is 11.7. The van der Waals surface area contributed by atoms with Gasteiger partial charge in [-0.1, -0.05) is 42.8 Å². The molecule has 1 unspecified atom stereocenters. The van der Waals surface area contributed by atoms with Gasteiger partial charge in [0.1, 0.15) is 5.75 Å². The molecule has 2 aromatic rings. The Kier molecular flexibility index (Phi) is 7.04. The van der Waals surface area contributed by atoms with Crippen LogP contribution < -0.4 is 10.1 Å². The molecule has 6 heteroatoms. The van der Waals surface area contributed by atoms with Crippen molar-refractivity contribution >= 4 is 23.5 Å². The molecule has 2 N–H and O–H groups in total. The predicted octanol–water partition coefficient (Wildman–Crippen LogP) is 3.58. The fourth-order valence-electron chi connectivity index (χ4n) is 2.56. The van der Waals surface area contributed by atoms with E-state index < -0.39 is 11.9 Å². The highest BCUT2D eigenvalue weighted by atomic mass is 35.5. The van der Waals surface area contributed by atoms with Crippen LogP contribution in [0, 0.1) is 5.92 Å². The third-order valence-electron chi connectivity index (χ3n) is 4.09. The van der Waals surface area contributed by atoms with E-state index in [1.807, 2.05) is 24.3 Å². The molecule has 2 aromatic carbocycles. The summed E-state index contributed by atoms with van der Waals surface area (Å²) >= 11 is 5.95. The number of methoxy groups -OCH3 is 1. The summed E-state index contributed by atoms with van der Waals surface area (Å²) in [5.74, 6) is -0.971. The molecular formula is C20H22ClNO4. The van der Waals surface area contributed by atoms with Gasteiger partial charge in [-0.3, -0.25) is 9.59 Å². The SMILES string of the molecule is COc1ccc(Cl)cc1C(=O)NCCc1ccc(CC(C)C(=O)O)cc1. The van der Waals surface area contributed by atoms with Gasteiger partial charge in [-0.05, 0) is 42.2 Å². The molecule has 0 fully saturated rings. The molecule has 1 amide bonds. The molecule has 0 bridgehead atoms. The van der Waals surface area contributed by atoms with E-state index in [1.54, 1.807) is 25.1 Å². The van der Waals surface area contributed by atoms with Crippen LogP contribution in [-0.4, -0.2) is 30.6 Å². The van der Waals surface area contributed by atoms with Crippen molar-refractivity contribution in [3.8, 4) is 5.75 Å². The number of benzene rings is 2. The summed E-state index contributed by atoms with van der Waals surface area (Å²) in [6.45, 7) is 2.16. The van der Waals surface area contributed by atoms with Crippen LogP contribution >= 0.6 is 11.6 Å². The fourth-order valence-corrected chi connectivity index (χ4v) is 2.73. The average molecular weight is 376 g/mol. The molecule has 138 valence electrons. The standard InChI is InChI=1S/C20H22ClNO4/c1-13(20(24)25)11-15-5-3-14(4-6-15)9-10-22-19(23)17-12-16(21)7-8-18(17)26-2/h3-8,12-13H,9-11H2,1-2H3,(H,22,23)(H,24,25). The molecular weight excluding hydrogens is 354 g/mol. The van der Waals surface area contributed by atoms with Gasteiger partial charge in [0.25, 0.3) is 5.91 Å². The van der Waals surface area contributed by atoms with Gasteiger partial charge in [0.15, 0.2) is 0 Å². The van der Waals surface area contributed by atoms with Gasteiger partial charge in [-0.15, -0.1) is 0 Å². The van der Waals surface area contributed by atoms with Crippen molar-refractivity contribution < 1.29 is 19.4 Å². The zero-order chi connectivity index (χ0) is 19.1. The van der Waals surface area contributed by atoms with Gasteiger partial charge in [0.2, 0.25) is 0 Å². The highest BCUT2D eigenvalue weighted by Crippen LogP contribution is 2.22. The van der Waals surface area contributed by atoms with E-state index in [4.69, 9.17) is 21.4 Å². The molecule has 0 saturated carbocycles. The maximum atomic E-state index is 12.3. The molecule has 0 aliphatic carbocycles. The van der Waals surface area contributed by atoms with E-state index in [1.165, 1.54) is 7.11 Å². The average Bonchev–Trinajstić information content (AvgIpc) is 2.62. The van der Waals surface area contributed by atoms with E-state index in [9.17, 15) is 9.59 Å². The Hall–Kier alpha value is -2.53. The third kappa shape index (κ3) is 5.49. The number of carbonyl (C=O) groups is 2. The van der Waals surface area contributed by atoms with Crippen molar-refractivity contribution in [1.29, 1.82) is 0 Å². The first-order valence-corrected chi connectivity index (χ1v) is 8.71. The molecule has 0 saturated heterocycles. The van der Waals surface area contributed by atoms with Crippen LogP contribution in [0.25, 0.3) is 0 Å². The molecule has 0 radical (unpaired) electrons. The number of amides is 1. The first kappa shape index (κ1) is 19.8. The Morgan fingerprint density at radius 2 is 1.81 bits per heavy atom. The third-order valence-corrected chi connectivity index (χ3v) is 4.33. The van der Waals surface area contributed by atoms with Gasteiger partial charge in [-0.25, -0.2) is 0 Å². The summed E-state index contributed by atoms with van der Waals surface area (Å²) in [6, 6.07) is 12.7. The fraction of sp³-hybridized carbons (Fsp3) is 0.300. The molecule has 1 atom stereocenters. The van der Waals surface area contributed by atoms with E-state index in [0.29, 0.717) is 35.7 Å². The second-order valence-corrected chi connectivity index (χ2v) is 6.55. The van der Waals surface area contributed by atoms with Crippen LogP contribution in [0.1, 0.15) is 28.4 Å². The lowest BCUT2D eigenvalue weighted by Gasteiger charge is -2.10. The van der Waals surface area contributed by atoms with E-state index in [2.05, 4.69) is 5.32 Å². The summed E-state index contributed by atoms with van der Waals surface area (Å²) < 4.78 is 5.19. The molecule has 0 aromatic heterocycles. The second kappa shape index (κ2) is 9.25. The van der Waals surface area contributed by atoms with Gasteiger partial charge in [0, 0.05) is 11.6 Å². The Morgan fingerprint density at radius 3 is 2.42 bits per heavy atom. The number of nitrogens with one attached hydrogen (secondary N) is 1. The highest BCUT2D eigenvalue weighted by Gasteiger charge is 2.13. The highest BCUT2D eigenvalue weighted by molar-refractivity contribution is 6.31. The number of halogens is 1. The van der Waals surface area contributed by atoms with Crippen molar-refractivity contribution in [3.63, 3.8) is 0 Å². The van der Waals surface area contributed by atoms with Crippen LogP contribution in [0.2, 0.25) is 5.02 Å². The number of carboxylic acid groups (broad SMARTS) is 1. The summed E-state index contributed by atoms with van der Waals surface area (Å²) in [5.41, 5.74) is 2.45. The van der Waals surface area contributed by atoms with E-state index in [0.717, 1.165) is 11.1 Å². The maximum absolute atomic E-state index is 12.3. The van der Waals surface area contributed by atoms with E-state index >= 15 is 0 Å². The first-order chi connectivity index (χ1) is 12.4. The first-order valence-electron chi connectivity index (χ1n) is 8.33. The molecule has 0 heterocycles. The molecule has 0 spiro atoms. The number of rotatable bonds is 8. The molecule has 26 heavy (non-hydrogen) atoms. The van der Waals surface area contributed by atoms with Gasteiger partial charge in [-0.2, -0.15) is 0 Å². The van der Waals surface area contributed by atoms with Crippen molar-refractivity contribution in [2.45, 2.75) is 19.8 Å². The zero-order valence-electron chi connectivity index (χ0n) is 14.8. The summed E-state index contributed by atoms with van der Waals surface area (Å²) in [4.78, 5) is 23.2. The van der Waals surface area contributed by atoms with Crippen molar-refractivity contribution in [1.82, 2.24) is 5.32 Å². The number of carbonyl (C=O) groups excluding carboxylic acids is 1. The van der Waals surface area contributed by atoms with Crippen LogP contribution in [0.15, 0.2) is 42.5 Å². The van der Waals surface area contributed by atoms with E-state index in [-0.39, 0.29) is 5.91 Å². The predicted molar refractivity (Wildman–Crippen MR) is 101 cm³/mol. The summed E-state index contributed by atoms with van der Waals surface area (Å²) in [7, 11) is 1.51. The van der Waals surface area contributed by atoms with Crippen molar-refractivity contribution in [3.05, 3.63) is 64.2 Å². The van der Waals surface area contributed by atoms with Crippen LogP contribution in [0.3, 0.4) is 0 Å². The largest absolute Gasteiger partial charge is 0.496 e. The zero-order valence-corrected chi connectivity index (χ0v) is 15.5. The molecule has 0 aliphatic rings. The van der Waals surface area contributed by atoms with Crippen LogP contribution in [0.5, 0.6) is 5.75 Å². The number of aliphatic carboxylic acids is 1. The lowest BCUT2D eigenvalue weighted by molar-refractivity contribution is -0.141. The number of ether oxygens (including phenoxy) is 1. The second-order valence-electron chi connectivity index (χ2n) is 6.11. The van der Waals surface area contributed by atoms with Crippen molar-refractivity contribution in [2.24, 2.45) is 5.92 Å². The number of hydrogen-bond acceptors (Lipinski definition) is 3. The van der Waals surface area contributed by atoms with Gasteiger partial charge < -0.3 is 15.2 Å². The topological polar surface area (TPSA) is 75.6 Å². The summed E-state index contributed by atoms with van der Waals surface area (Å²) in [5, 5.41) is 12.3. The Labute approximate surface area is 157 Å². The lowest BCUT2D eigenvalue weighted by atomic mass is 10.00. The Bertz CT molecular complexity index is 774. The smallest absolute Gasteiger partial charge is 0.306 e. The molecule has 2 rings (SSSR count). The monoisotopic (exact) mass is 375 g/mol. The molecule has 5 nitrogen and oxygen atoms in total. The maximum Gasteiger partial charge on any atom is 0.306 e. The Balaban J connectivity index is 1.89. The summed E-state index contributed by atoms with van der Waals surface area (Å²) in [6.07, 6.45) is 1.17. The van der Waals surface area contributed by atoms with Crippen molar-refractivity contribution in [2.75, 3.05) is 13.7 Å². The minimum atomic E-state index is -0.798. The molecule has 0 aliphatic heterocycles.